The number of ether oxygens (including phenoxy) is 3. The van der Waals surface area contributed by atoms with Crippen molar-refractivity contribution in [2.24, 2.45) is 0 Å². The van der Waals surface area contributed by atoms with Crippen LogP contribution in [0.3, 0.4) is 0 Å². The quantitative estimate of drug-likeness (QED) is 0.309. The van der Waals surface area contributed by atoms with Crippen molar-refractivity contribution in [1.82, 2.24) is 14.9 Å². The van der Waals surface area contributed by atoms with Crippen molar-refractivity contribution in [3.63, 3.8) is 0 Å². The van der Waals surface area contributed by atoms with Crippen molar-refractivity contribution < 1.29 is 19.0 Å². The van der Waals surface area contributed by atoms with E-state index in [0.717, 1.165) is 48.3 Å². The van der Waals surface area contributed by atoms with E-state index in [-0.39, 0.29) is 5.91 Å². The van der Waals surface area contributed by atoms with Gasteiger partial charge in [-0.05, 0) is 62.6 Å². The summed E-state index contributed by atoms with van der Waals surface area (Å²) in [5.41, 5.74) is 3.90. The number of pyridine rings is 1. The molecule has 38 heavy (non-hydrogen) atoms. The summed E-state index contributed by atoms with van der Waals surface area (Å²) in [6, 6.07) is 12.7. The Hall–Kier alpha value is -3.14. The number of nitrogens with zero attached hydrogens (tertiary/aromatic N) is 3. The number of H-pyrrole nitrogens is 1. The van der Waals surface area contributed by atoms with Crippen molar-refractivity contribution in [3.05, 3.63) is 53.9 Å². The van der Waals surface area contributed by atoms with Crippen molar-refractivity contribution in [1.29, 1.82) is 0 Å². The van der Waals surface area contributed by atoms with Crippen LogP contribution in [0.4, 0.5) is 11.5 Å². The third-order valence-corrected chi connectivity index (χ3v) is 6.57. The minimum absolute atomic E-state index is 0.0464. The lowest BCUT2D eigenvalue weighted by molar-refractivity contribution is 0.0244. The Bertz CT molecular complexity index is 1160. The molecule has 0 spiro atoms. The number of amides is 1. The van der Waals surface area contributed by atoms with Gasteiger partial charge in [0.15, 0.2) is 5.82 Å². The number of aromatic nitrogens is 2. The van der Waals surface area contributed by atoms with E-state index in [0.29, 0.717) is 57.9 Å². The molecule has 1 aliphatic rings. The highest BCUT2D eigenvalue weighted by atomic mass is 16.5. The van der Waals surface area contributed by atoms with Gasteiger partial charge < -0.3 is 34.3 Å². The zero-order chi connectivity index (χ0) is 26.7. The van der Waals surface area contributed by atoms with Gasteiger partial charge in [-0.25, -0.2) is 4.98 Å². The van der Waals surface area contributed by atoms with Crippen LogP contribution in [0.1, 0.15) is 36.3 Å². The number of anilines is 2. The first kappa shape index (κ1) is 27.9. The fourth-order valence-electron chi connectivity index (χ4n) is 4.66. The zero-order valence-corrected chi connectivity index (χ0v) is 22.9. The molecule has 4 rings (SSSR count). The van der Waals surface area contributed by atoms with E-state index in [1.807, 2.05) is 23.2 Å². The molecule has 2 aromatic heterocycles. The van der Waals surface area contributed by atoms with Gasteiger partial charge in [0.25, 0.3) is 5.91 Å². The molecule has 1 fully saturated rings. The van der Waals surface area contributed by atoms with Crippen LogP contribution in [-0.4, -0.2) is 93.1 Å². The standard InChI is InChI=1S/C29H41N5O4/c1-22(2)31-26-7-4-10-30-28(26)33-11-13-34(14-12-33)29(35)27-21-24-20-23(8-9-25(24)32-27)6-5-15-37-18-19-38-17-16-36-3/h4,7-10,20-22,31-32H,5-6,11-19H2,1-3H3. The highest BCUT2D eigenvalue weighted by Gasteiger charge is 2.25. The fourth-order valence-corrected chi connectivity index (χ4v) is 4.66. The summed E-state index contributed by atoms with van der Waals surface area (Å²) in [6.07, 6.45) is 3.69. The first-order valence-corrected chi connectivity index (χ1v) is 13.6. The molecule has 2 N–H and O–H groups in total. The second-order valence-electron chi connectivity index (χ2n) is 9.88. The van der Waals surface area contributed by atoms with Gasteiger partial charge in [0.2, 0.25) is 0 Å². The maximum Gasteiger partial charge on any atom is 0.270 e. The molecule has 1 amide bonds. The number of hydrogen-bond donors (Lipinski definition) is 2. The molecule has 3 heterocycles. The van der Waals surface area contributed by atoms with Crippen molar-refractivity contribution in [2.45, 2.75) is 32.7 Å². The van der Waals surface area contributed by atoms with Crippen molar-refractivity contribution in [2.75, 3.05) is 76.5 Å². The van der Waals surface area contributed by atoms with E-state index in [2.05, 4.69) is 58.3 Å². The van der Waals surface area contributed by atoms with Crippen LogP contribution >= 0.6 is 0 Å². The average Bonchev–Trinajstić information content (AvgIpc) is 3.35. The molecular weight excluding hydrogens is 482 g/mol. The largest absolute Gasteiger partial charge is 0.382 e. The number of aromatic amines is 1. The Morgan fingerprint density at radius 3 is 2.55 bits per heavy atom. The number of rotatable bonds is 14. The molecule has 0 atom stereocenters. The summed E-state index contributed by atoms with van der Waals surface area (Å²) < 4.78 is 16.0. The van der Waals surface area contributed by atoms with Crippen LogP contribution in [0.2, 0.25) is 0 Å². The molecule has 206 valence electrons. The topological polar surface area (TPSA) is 92.0 Å². The van der Waals surface area contributed by atoms with Crippen LogP contribution in [0.25, 0.3) is 10.9 Å². The number of piperazine rings is 1. The minimum Gasteiger partial charge on any atom is -0.382 e. The summed E-state index contributed by atoms with van der Waals surface area (Å²) in [4.78, 5) is 25.4. The van der Waals surface area contributed by atoms with Gasteiger partial charge in [0, 0.05) is 63.0 Å². The number of carbonyl (C=O) groups excluding carboxylic acids is 1. The van der Waals surface area contributed by atoms with E-state index >= 15 is 0 Å². The van der Waals surface area contributed by atoms with Gasteiger partial charge in [-0.15, -0.1) is 0 Å². The lowest BCUT2D eigenvalue weighted by Gasteiger charge is -2.36. The molecule has 1 aromatic carbocycles. The predicted octanol–water partition coefficient (Wildman–Crippen LogP) is 3.96. The fraction of sp³-hybridized carbons (Fsp3) is 0.517. The van der Waals surface area contributed by atoms with Gasteiger partial charge in [-0.2, -0.15) is 0 Å². The van der Waals surface area contributed by atoms with E-state index < -0.39 is 0 Å². The predicted molar refractivity (Wildman–Crippen MR) is 151 cm³/mol. The second kappa shape index (κ2) is 14.1. The molecule has 1 aliphatic heterocycles. The number of methoxy groups -OCH3 is 1. The highest BCUT2D eigenvalue weighted by Crippen LogP contribution is 2.25. The summed E-state index contributed by atoms with van der Waals surface area (Å²) in [7, 11) is 1.66. The number of benzene rings is 1. The van der Waals surface area contributed by atoms with Gasteiger partial charge in [0.05, 0.1) is 32.1 Å². The van der Waals surface area contributed by atoms with Crippen molar-refractivity contribution in [3.8, 4) is 0 Å². The Morgan fingerprint density at radius 1 is 1.03 bits per heavy atom. The number of nitrogens with one attached hydrogen (secondary N) is 2. The molecule has 1 saturated heterocycles. The van der Waals surface area contributed by atoms with Crippen molar-refractivity contribution >= 4 is 28.3 Å². The van der Waals surface area contributed by atoms with Gasteiger partial charge >= 0.3 is 0 Å². The second-order valence-corrected chi connectivity index (χ2v) is 9.88. The summed E-state index contributed by atoms with van der Waals surface area (Å²) in [5.74, 6) is 0.998. The smallest absolute Gasteiger partial charge is 0.270 e. The Labute approximate surface area is 225 Å². The highest BCUT2D eigenvalue weighted by molar-refractivity contribution is 5.98. The average molecular weight is 524 g/mol. The molecule has 0 unspecified atom stereocenters. The summed E-state index contributed by atoms with van der Waals surface area (Å²) in [5, 5.41) is 4.54. The number of aryl methyl sites for hydroxylation is 1. The molecule has 9 heteroatoms. The third-order valence-electron chi connectivity index (χ3n) is 6.57. The summed E-state index contributed by atoms with van der Waals surface area (Å²) >= 11 is 0. The normalized spacial score (nSPS) is 14.0. The van der Waals surface area contributed by atoms with Crippen LogP contribution in [0.15, 0.2) is 42.6 Å². The Kier molecular flexibility index (Phi) is 10.4. The molecule has 9 nitrogen and oxygen atoms in total. The zero-order valence-electron chi connectivity index (χ0n) is 22.9. The van der Waals surface area contributed by atoms with Crippen LogP contribution in [0, 0.1) is 0 Å². The molecule has 0 radical (unpaired) electrons. The third kappa shape index (κ3) is 7.69. The van der Waals surface area contributed by atoms with Crippen LogP contribution in [-0.2, 0) is 20.6 Å². The number of fused-ring (bicyclic) bond motifs is 1. The van der Waals surface area contributed by atoms with E-state index in [9.17, 15) is 4.79 Å². The van der Waals surface area contributed by atoms with Gasteiger partial charge in [-0.1, -0.05) is 6.07 Å². The lowest BCUT2D eigenvalue weighted by Crippen LogP contribution is -2.49. The van der Waals surface area contributed by atoms with Crippen LogP contribution in [0.5, 0.6) is 0 Å². The molecular formula is C29H41N5O4. The SMILES string of the molecule is COCCOCCOCCCc1ccc2[nH]c(C(=O)N3CCN(c4ncccc4NC(C)C)CC3)cc2c1. The molecule has 0 bridgehead atoms. The van der Waals surface area contributed by atoms with E-state index in [1.54, 1.807) is 7.11 Å². The number of hydrogen-bond acceptors (Lipinski definition) is 7. The van der Waals surface area contributed by atoms with E-state index in [4.69, 9.17) is 14.2 Å². The minimum atomic E-state index is 0.0464. The maximum atomic E-state index is 13.3. The van der Waals surface area contributed by atoms with Gasteiger partial charge in [0.1, 0.15) is 5.69 Å². The molecule has 0 saturated carbocycles. The van der Waals surface area contributed by atoms with Crippen LogP contribution < -0.4 is 10.2 Å². The molecule has 3 aromatic rings. The first-order chi connectivity index (χ1) is 18.5. The maximum absolute atomic E-state index is 13.3. The Balaban J connectivity index is 1.26. The van der Waals surface area contributed by atoms with E-state index in [1.165, 1.54) is 5.56 Å². The summed E-state index contributed by atoms with van der Waals surface area (Å²) in [6.45, 7) is 10.1. The van der Waals surface area contributed by atoms with Gasteiger partial charge in [-0.3, -0.25) is 4.79 Å². The monoisotopic (exact) mass is 523 g/mol. The first-order valence-electron chi connectivity index (χ1n) is 13.6. The molecule has 0 aliphatic carbocycles. The Morgan fingerprint density at radius 2 is 1.79 bits per heavy atom. The lowest BCUT2D eigenvalue weighted by atomic mass is 10.1. The number of carbonyl (C=O) groups is 1.